The SMILES string of the molecule is CCOc1ccccc1NC(=O)C(=O)NCc1ccccc1CO. The minimum absolute atomic E-state index is 0.125. The van der Waals surface area contributed by atoms with Crippen molar-refractivity contribution < 1.29 is 19.4 Å². The monoisotopic (exact) mass is 328 g/mol. The molecule has 0 radical (unpaired) electrons. The van der Waals surface area contributed by atoms with Gasteiger partial charge in [0.1, 0.15) is 5.75 Å². The molecule has 0 aliphatic carbocycles. The number of rotatable bonds is 6. The molecule has 0 fully saturated rings. The number of aliphatic hydroxyl groups is 1. The summed E-state index contributed by atoms with van der Waals surface area (Å²) in [4.78, 5) is 24.0. The van der Waals surface area contributed by atoms with Gasteiger partial charge in [0.25, 0.3) is 0 Å². The molecule has 126 valence electrons. The Hall–Kier alpha value is -2.86. The van der Waals surface area contributed by atoms with Crippen molar-refractivity contribution in [3.63, 3.8) is 0 Å². The summed E-state index contributed by atoms with van der Waals surface area (Å²) in [7, 11) is 0. The number of aliphatic hydroxyl groups excluding tert-OH is 1. The third-order valence-corrected chi connectivity index (χ3v) is 3.37. The van der Waals surface area contributed by atoms with Crippen molar-refractivity contribution in [2.45, 2.75) is 20.1 Å². The molecule has 0 saturated heterocycles. The molecule has 2 amide bonds. The first kappa shape index (κ1) is 17.5. The number of carbonyl (C=O) groups excluding carboxylic acids is 2. The first-order chi connectivity index (χ1) is 11.7. The normalized spacial score (nSPS) is 10.1. The maximum absolute atomic E-state index is 12.0. The number of hydrogen-bond acceptors (Lipinski definition) is 4. The van der Waals surface area contributed by atoms with E-state index in [0.29, 0.717) is 23.6 Å². The average Bonchev–Trinajstić information content (AvgIpc) is 2.61. The number of carbonyl (C=O) groups is 2. The Labute approximate surface area is 140 Å². The summed E-state index contributed by atoms with van der Waals surface area (Å²) in [5, 5.41) is 14.3. The molecular formula is C18H20N2O4. The molecule has 0 heterocycles. The lowest BCUT2D eigenvalue weighted by molar-refractivity contribution is -0.136. The van der Waals surface area contributed by atoms with Gasteiger partial charge >= 0.3 is 11.8 Å². The van der Waals surface area contributed by atoms with Crippen molar-refractivity contribution in [3.05, 3.63) is 59.7 Å². The smallest absolute Gasteiger partial charge is 0.313 e. The highest BCUT2D eigenvalue weighted by Crippen LogP contribution is 2.23. The Balaban J connectivity index is 1.97. The highest BCUT2D eigenvalue weighted by atomic mass is 16.5. The number of amides is 2. The Morgan fingerprint density at radius 2 is 1.67 bits per heavy atom. The molecule has 2 aromatic carbocycles. The molecule has 6 nitrogen and oxygen atoms in total. The molecule has 0 bridgehead atoms. The minimum Gasteiger partial charge on any atom is -0.492 e. The zero-order chi connectivity index (χ0) is 17.4. The zero-order valence-corrected chi connectivity index (χ0v) is 13.4. The van der Waals surface area contributed by atoms with Crippen LogP contribution in [0.2, 0.25) is 0 Å². The Bertz CT molecular complexity index is 716. The summed E-state index contributed by atoms with van der Waals surface area (Å²) in [5.41, 5.74) is 1.91. The van der Waals surface area contributed by atoms with E-state index in [1.807, 2.05) is 6.92 Å². The molecule has 0 spiro atoms. The van der Waals surface area contributed by atoms with E-state index in [-0.39, 0.29) is 13.2 Å². The van der Waals surface area contributed by atoms with Crippen LogP contribution in [0.4, 0.5) is 5.69 Å². The van der Waals surface area contributed by atoms with Crippen molar-refractivity contribution >= 4 is 17.5 Å². The average molecular weight is 328 g/mol. The van der Waals surface area contributed by atoms with Crippen LogP contribution in [-0.4, -0.2) is 23.5 Å². The van der Waals surface area contributed by atoms with Crippen LogP contribution >= 0.6 is 0 Å². The van der Waals surface area contributed by atoms with E-state index in [4.69, 9.17) is 4.74 Å². The van der Waals surface area contributed by atoms with Crippen LogP contribution in [0.5, 0.6) is 5.75 Å². The lowest BCUT2D eigenvalue weighted by atomic mass is 10.1. The summed E-state index contributed by atoms with van der Waals surface area (Å²) in [6.07, 6.45) is 0. The van der Waals surface area contributed by atoms with Gasteiger partial charge in [-0.2, -0.15) is 0 Å². The predicted molar refractivity (Wildman–Crippen MR) is 90.5 cm³/mol. The molecule has 2 rings (SSSR count). The Kier molecular flexibility index (Phi) is 6.33. The van der Waals surface area contributed by atoms with Gasteiger partial charge in [0.05, 0.1) is 18.9 Å². The Morgan fingerprint density at radius 3 is 2.38 bits per heavy atom. The molecule has 0 aromatic heterocycles. The van der Waals surface area contributed by atoms with Gasteiger partial charge in [0, 0.05) is 6.54 Å². The lowest BCUT2D eigenvalue weighted by Gasteiger charge is -2.12. The fraction of sp³-hybridized carbons (Fsp3) is 0.222. The maximum atomic E-state index is 12.0. The third-order valence-electron chi connectivity index (χ3n) is 3.37. The summed E-state index contributed by atoms with van der Waals surface area (Å²) in [5.74, 6) is -1.02. The van der Waals surface area contributed by atoms with E-state index in [1.54, 1.807) is 48.5 Å². The minimum atomic E-state index is -0.774. The van der Waals surface area contributed by atoms with Crippen LogP contribution in [0.1, 0.15) is 18.1 Å². The topological polar surface area (TPSA) is 87.7 Å². The fourth-order valence-electron chi connectivity index (χ4n) is 2.17. The highest BCUT2D eigenvalue weighted by Gasteiger charge is 2.15. The molecule has 3 N–H and O–H groups in total. The molecule has 0 atom stereocenters. The second-order valence-electron chi connectivity index (χ2n) is 4.99. The Morgan fingerprint density at radius 1 is 1.00 bits per heavy atom. The molecule has 0 unspecified atom stereocenters. The van der Waals surface area contributed by atoms with Crippen molar-refractivity contribution in [2.75, 3.05) is 11.9 Å². The molecular weight excluding hydrogens is 308 g/mol. The van der Waals surface area contributed by atoms with Gasteiger partial charge in [-0.15, -0.1) is 0 Å². The quantitative estimate of drug-likeness (QED) is 0.706. The van der Waals surface area contributed by atoms with Gasteiger partial charge < -0.3 is 20.5 Å². The second kappa shape index (κ2) is 8.69. The van der Waals surface area contributed by atoms with Crippen LogP contribution in [0, 0.1) is 0 Å². The van der Waals surface area contributed by atoms with Crippen LogP contribution in [0.25, 0.3) is 0 Å². The van der Waals surface area contributed by atoms with Gasteiger partial charge in [0.15, 0.2) is 0 Å². The number of benzene rings is 2. The molecule has 6 heteroatoms. The molecule has 0 aliphatic rings. The number of hydrogen-bond donors (Lipinski definition) is 3. The van der Waals surface area contributed by atoms with Gasteiger partial charge in [-0.25, -0.2) is 0 Å². The van der Waals surface area contributed by atoms with E-state index in [2.05, 4.69) is 10.6 Å². The second-order valence-corrected chi connectivity index (χ2v) is 4.99. The van der Waals surface area contributed by atoms with Crippen molar-refractivity contribution in [1.29, 1.82) is 0 Å². The maximum Gasteiger partial charge on any atom is 0.313 e. The lowest BCUT2D eigenvalue weighted by Crippen LogP contribution is -2.35. The van der Waals surface area contributed by atoms with E-state index < -0.39 is 11.8 Å². The van der Waals surface area contributed by atoms with E-state index >= 15 is 0 Å². The van der Waals surface area contributed by atoms with Crippen LogP contribution in [-0.2, 0) is 22.7 Å². The first-order valence-corrected chi connectivity index (χ1v) is 7.64. The van der Waals surface area contributed by atoms with Gasteiger partial charge in [-0.05, 0) is 30.2 Å². The molecule has 0 saturated carbocycles. The third kappa shape index (κ3) is 4.57. The largest absolute Gasteiger partial charge is 0.492 e. The summed E-state index contributed by atoms with van der Waals surface area (Å²) < 4.78 is 5.40. The van der Waals surface area contributed by atoms with E-state index in [0.717, 1.165) is 5.56 Å². The van der Waals surface area contributed by atoms with Gasteiger partial charge in [-0.1, -0.05) is 36.4 Å². The standard InChI is InChI=1S/C18H20N2O4/c1-2-24-16-10-6-5-9-15(16)20-18(23)17(22)19-11-13-7-3-4-8-14(13)12-21/h3-10,21H,2,11-12H2,1H3,(H,19,22)(H,20,23). The molecule has 24 heavy (non-hydrogen) atoms. The summed E-state index contributed by atoms with van der Waals surface area (Å²) in [6, 6.07) is 14.1. The summed E-state index contributed by atoms with van der Waals surface area (Å²) >= 11 is 0. The van der Waals surface area contributed by atoms with Gasteiger partial charge in [-0.3, -0.25) is 9.59 Å². The number of para-hydroxylation sites is 2. The van der Waals surface area contributed by atoms with Gasteiger partial charge in [0.2, 0.25) is 0 Å². The molecule has 2 aromatic rings. The predicted octanol–water partition coefficient (Wildman–Crippen LogP) is 1.83. The number of anilines is 1. The highest BCUT2D eigenvalue weighted by molar-refractivity contribution is 6.39. The number of ether oxygens (including phenoxy) is 1. The van der Waals surface area contributed by atoms with E-state index in [9.17, 15) is 14.7 Å². The first-order valence-electron chi connectivity index (χ1n) is 7.64. The fourth-order valence-corrected chi connectivity index (χ4v) is 2.17. The summed E-state index contributed by atoms with van der Waals surface area (Å²) in [6.45, 7) is 2.33. The van der Waals surface area contributed by atoms with Crippen molar-refractivity contribution in [2.24, 2.45) is 0 Å². The van der Waals surface area contributed by atoms with E-state index in [1.165, 1.54) is 0 Å². The molecule has 0 aliphatic heterocycles. The van der Waals surface area contributed by atoms with Crippen LogP contribution in [0.3, 0.4) is 0 Å². The van der Waals surface area contributed by atoms with Crippen molar-refractivity contribution in [1.82, 2.24) is 5.32 Å². The van der Waals surface area contributed by atoms with Crippen molar-refractivity contribution in [3.8, 4) is 5.75 Å². The number of nitrogens with one attached hydrogen (secondary N) is 2. The van der Waals surface area contributed by atoms with Crippen LogP contribution in [0.15, 0.2) is 48.5 Å². The van der Waals surface area contributed by atoms with Crippen LogP contribution < -0.4 is 15.4 Å². The zero-order valence-electron chi connectivity index (χ0n) is 13.4.